The van der Waals surface area contributed by atoms with Gasteiger partial charge < -0.3 is 19.8 Å². The van der Waals surface area contributed by atoms with Crippen molar-refractivity contribution in [3.8, 4) is 5.75 Å². The van der Waals surface area contributed by atoms with Gasteiger partial charge in [-0.1, -0.05) is 12.1 Å². The second-order valence-electron chi connectivity index (χ2n) is 4.69. The smallest absolute Gasteiger partial charge is 0.216 e. The average molecular weight is 276 g/mol. The number of carbonyl (C=O) groups is 1. The van der Waals surface area contributed by atoms with E-state index in [1.165, 1.54) is 6.92 Å². The van der Waals surface area contributed by atoms with Crippen molar-refractivity contribution in [3.63, 3.8) is 0 Å². The van der Waals surface area contributed by atoms with Crippen molar-refractivity contribution in [2.45, 2.75) is 19.9 Å². The number of furan rings is 1. The molecule has 0 saturated heterocycles. The van der Waals surface area contributed by atoms with Gasteiger partial charge in [0.25, 0.3) is 0 Å². The van der Waals surface area contributed by atoms with E-state index in [0.717, 1.165) is 22.5 Å². The first kappa shape index (κ1) is 14.4. The van der Waals surface area contributed by atoms with Gasteiger partial charge in [-0.3, -0.25) is 4.79 Å². The molecule has 0 fully saturated rings. The number of fused-ring (bicyclic) bond motifs is 1. The Morgan fingerprint density at radius 1 is 1.40 bits per heavy atom. The molecule has 2 N–H and O–H groups in total. The standard InChI is InChI=1S/C15H20N2O3/c1-10(16-7-8-17-11(2)18)14-9-12-5-4-6-13(19-3)15(12)20-14/h4-6,9-10,16H,7-8H2,1-3H3,(H,17,18). The van der Waals surface area contributed by atoms with Crippen LogP contribution in [0, 0.1) is 0 Å². The van der Waals surface area contributed by atoms with Gasteiger partial charge in [-0.25, -0.2) is 0 Å². The highest BCUT2D eigenvalue weighted by atomic mass is 16.5. The van der Waals surface area contributed by atoms with Crippen LogP contribution in [0.25, 0.3) is 11.0 Å². The third-order valence-corrected chi connectivity index (χ3v) is 3.12. The number of rotatable bonds is 6. The van der Waals surface area contributed by atoms with Crippen LogP contribution in [0.4, 0.5) is 0 Å². The Morgan fingerprint density at radius 3 is 2.90 bits per heavy atom. The zero-order chi connectivity index (χ0) is 14.5. The van der Waals surface area contributed by atoms with Gasteiger partial charge in [0.05, 0.1) is 13.2 Å². The maximum atomic E-state index is 10.8. The van der Waals surface area contributed by atoms with Crippen molar-refractivity contribution in [1.82, 2.24) is 10.6 Å². The first-order chi connectivity index (χ1) is 9.61. The fraction of sp³-hybridized carbons (Fsp3) is 0.400. The van der Waals surface area contributed by atoms with Crippen LogP contribution >= 0.6 is 0 Å². The molecule has 1 aromatic heterocycles. The molecule has 0 radical (unpaired) electrons. The molecule has 0 aliphatic carbocycles. The predicted molar refractivity (Wildman–Crippen MR) is 77.9 cm³/mol. The first-order valence-corrected chi connectivity index (χ1v) is 6.66. The van der Waals surface area contributed by atoms with Crippen molar-refractivity contribution >= 4 is 16.9 Å². The Labute approximate surface area is 118 Å². The fourth-order valence-electron chi connectivity index (χ4n) is 2.06. The second kappa shape index (κ2) is 6.43. The Balaban J connectivity index is 2.03. The summed E-state index contributed by atoms with van der Waals surface area (Å²) in [7, 11) is 1.63. The van der Waals surface area contributed by atoms with Crippen molar-refractivity contribution in [2.75, 3.05) is 20.2 Å². The number of hydrogen-bond acceptors (Lipinski definition) is 4. The highest BCUT2D eigenvalue weighted by Gasteiger charge is 2.13. The van der Waals surface area contributed by atoms with Gasteiger partial charge in [0.1, 0.15) is 5.76 Å². The van der Waals surface area contributed by atoms with E-state index in [9.17, 15) is 4.79 Å². The van der Waals surface area contributed by atoms with Crippen molar-refractivity contribution in [2.24, 2.45) is 0 Å². The molecular weight excluding hydrogens is 256 g/mol. The van der Waals surface area contributed by atoms with Gasteiger partial charge >= 0.3 is 0 Å². The van der Waals surface area contributed by atoms with Gasteiger partial charge in [-0.15, -0.1) is 0 Å². The second-order valence-corrected chi connectivity index (χ2v) is 4.69. The van der Waals surface area contributed by atoms with E-state index < -0.39 is 0 Å². The zero-order valence-corrected chi connectivity index (χ0v) is 12.0. The monoisotopic (exact) mass is 276 g/mol. The molecule has 1 atom stereocenters. The summed E-state index contributed by atoms with van der Waals surface area (Å²) in [5.41, 5.74) is 0.764. The van der Waals surface area contributed by atoms with Crippen LogP contribution in [-0.2, 0) is 4.79 Å². The SMILES string of the molecule is COc1cccc2cc(C(C)NCCNC(C)=O)oc12. The van der Waals surface area contributed by atoms with Crippen LogP contribution < -0.4 is 15.4 Å². The number of methoxy groups -OCH3 is 1. The molecule has 2 rings (SSSR count). The van der Waals surface area contributed by atoms with E-state index in [1.54, 1.807) is 7.11 Å². The van der Waals surface area contributed by atoms with Crippen LogP contribution in [0.5, 0.6) is 5.75 Å². The molecule has 1 unspecified atom stereocenters. The van der Waals surface area contributed by atoms with E-state index in [-0.39, 0.29) is 11.9 Å². The summed E-state index contributed by atoms with van der Waals surface area (Å²) in [4.78, 5) is 10.8. The molecule has 0 spiro atoms. The highest BCUT2D eigenvalue weighted by molar-refractivity contribution is 5.83. The predicted octanol–water partition coefficient (Wildman–Crippen LogP) is 2.23. The molecule has 5 nitrogen and oxygen atoms in total. The number of para-hydroxylation sites is 1. The normalized spacial score (nSPS) is 12.3. The Kier molecular flexibility index (Phi) is 4.63. The summed E-state index contributed by atoms with van der Waals surface area (Å²) in [5.74, 6) is 1.57. The number of amides is 1. The lowest BCUT2D eigenvalue weighted by Gasteiger charge is -2.11. The Morgan fingerprint density at radius 2 is 2.20 bits per heavy atom. The summed E-state index contributed by atoms with van der Waals surface area (Å²) in [5, 5.41) is 7.07. The van der Waals surface area contributed by atoms with Crippen molar-refractivity contribution in [1.29, 1.82) is 0 Å². The molecular formula is C15H20N2O3. The summed E-state index contributed by atoms with van der Waals surface area (Å²) >= 11 is 0. The maximum absolute atomic E-state index is 10.8. The van der Waals surface area contributed by atoms with Crippen molar-refractivity contribution < 1.29 is 13.9 Å². The van der Waals surface area contributed by atoms with Gasteiger partial charge in [0.15, 0.2) is 11.3 Å². The third kappa shape index (κ3) is 3.30. The van der Waals surface area contributed by atoms with E-state index >= 15 is 0 Å². The molecule has 1 aromatic carbocycles. The topological polar surface area (TPSA) is 63.5 Å². The molecule has 0 bridgehead atoms. The van der Waals surface area contributed by atoms with E-state index in [0.29, 0.717) is 13.1 Å². The fourth-order valence-corrected chi connectivity index (χ4v) is 2.06. The van der Waals surface area contributed by atoms with Gasteiger partial charge in [0, 0.05) is 25.4 Å². The van der Waals surface area contributed by atoms with Gasteiger partial charge in [0.2, 0.25) is 5.91 Å². The van der Waals surface area contributed by atoms with E-state index in [2.05, 4.69) is 10.6 Å². The molecule has 5 heteroatoms. The Hall–Kier alpha value is -2.01. The van der Waals surface area contributed by atoms with E-state index in [4.69, 9.17) is 9.15 Å². The lowest BCUT2D eigenvalue weighted by Crippen LogP contribution is -2.31. The summed E-state index contributed by atoms with van der Waals surface area (Å²) < 4.78 is 11.1. The van der Waals surface area contributed by atoms with Crippen LogP contribution in [0.15, 0.2) is 28.7 Å². The lowest BCUT2D eigenvalue weighted by molar-refractivity contribution is -0.118. The van der Waals surface area contributed by atoms with E-state index in [1.807, 2.05) is 31.2 Å². The zero-order valence-electron chi connectivity index (χ0n) is 12.0. The molecule has 0 saturated carbocycles. The average Bonchev–Trinajstić information content (AvgIpc) is 2.87. The number of benzene rings is 1. The summed E-state index contributed by atoms with van der Waals surface area (Å²) in [6.07, 6.45) is 0. The first-order valence-electron chi connectivity index (χ1n) is 6.66. The molecule has 1 amide bonds. The molecule has 20 heavy (non-hydrogen) atoms. The van der Waals surface area contributed by atoms with Gasteiger partial charge in [-0.2, -0.15) is 0 Å². The third-order valence-electron chi connectivity index (χ3n) is 3.12. The number of hydrogen-bond donors (Lipinski definition) is 2. The van der Waals surface area contributed by atoms with Crippen LogP contribution in [0.1, 0.15) is 25.6 Å². The minimum atomic E-state index is -0.0204. The highest BCUT2D eigenvalue weighted by Crippen LogP contribution is 2.30. The molecule has 2 aromatic rings. The quantitative estimate of drug-likeness (QED) is 0.794. The molecule has 108 valence electrons. The molecule has 0 aliphatic heterocycles. The van der Waals surface area contributed by atoms with Crippen LogP contribution in [-0.4, -0.2) is 26.1 Å². The number of ether oxygens (including phenoxy) is 1. The lowest BCUT2D eigenvalue weighted by atomic mass is 10.2. The minimum Gasteiger partial charge on any atom is -0.493 e. The molecule has 1 heterocycles. The number of nitrogens with one attached hydrogen (secondary N) is 2. The van der Waals surface area contributed by atoms with Crippen LogP contribution in [0.2, 0.25) is 0 Å². The summed E-state index contributed by atoms with van der Waals surface area (Å²) in [6, 6.07) is 7.89. The summed E-state index contributed by atoms with van der Waals surface area (Å²) in [6.45, 7) is 4.82. The maximum Gasteiger partial charge on any atom is 0.216 e. The van der Waals surface area contributed by atoms with Crippen molar-refractivity contribution in [3.05, 3.63) is 30.0 Å². The van der Waals surface area contributed by atoms with Crippen LogP contribution in [0.3, 0.4) is 0 Å². The molecule has 0 aliphatic rings. The Bertz CT molecular complexity index is 592. The van der Waals surface area contributed by atoms with Gasteiger partial charge in [-0.05, 0) is 19.1 Å². The largest absolute Gasteiger partial charge is 0.493 e. The number of carbonyl (C=O) groups excluding carboxylic acids is 1. The minimum absolute atomic E-state index is 0.0204.